The van der Waals surface area contributed by atoms with Crippen LogP contribution in [0.3, 0.4) is 0 Å². The molecule has 1 heterocycles. The first-order chi connectivity index (χ1) is 8.56. The molecule has 106 valence electrons. The number of nitrogens with zero attached hydrogens (tertiary/aromatic N) is 1. The van der Waals surface area contributed by atoms with Crippen molar-refractivity contribution in [2.75, 3.05) is 13.1 Å². The maximum absolute atomic E-state index is 3.80. The molecule has 3 unspecified atom stereocenters. The maximum Gasteiger partial charge on any atom is 0.0274 e. The van der Waals surface area contributed by atoms with Gasteiger partial charge in [0, 0.05) is 18.1 Å². The molecule has 2 heteroatoms. The summed E-state index contributed by atoms with van der Waals surface area (Å²) in [6.07, 6.45) is 8.41. The minimum atomic E-state index is 0.454. The minimum absolute atomic E-state index is 0.454. The number of likely N-dealkylation sites (N-methyl/N-ethyl adjacent to an activating group) is 1. The van der Waals surface area contributed by atoms with E-state index in [0.717, 1.165) is 18.6 Å². The lowest BCUT2D eigenvalue weighted by Crippen LogP contribution is -2.61. The predicted octanol–water partition coefficient (Wildman–Crippen LogP) is 3.42. The highest BCUT2D eigenvalue weighted by atomic mass is 15.2. The maximum atomic E-state index is 3.80. The Kier molecular flexibility index (Phi) is 4.71. The summed E-state index contributed by atoms with van der Waals surface area (Å²) in [5, 5.41) is 3.80. The Bertz CT molecular complexity index is 262. The Morgan fingerprint density at radius 1 is 1.17 bits per heavy atom. The van der Waals surface area contributed by atoms with Gasteiger partial charge in [0.05, 0.1) is 0 Å². The lowest BCUT2D eigenvalue weighted by atomic mass is 9.69. The minimum Gasteiger partial charge on any atom is -0.312 e. The van der Waals surface area contributed by atoms with Crippen LogP contribution < -0.4 is 5.32 Å². The topological polar surface area (TPSA) is 15.3 Å². The molecule has 2 fully saturated rings. The van der Waals surface area contributed by atoms with Crippen LogP contribution in [0, 0.1) is 5.41 Å². The van der Waals surface area contributed by atoms with Crippen molar-refractivity contribution in [1.29, 1.82) is 0 Å². The van der Waals surface area contributed by atoms with Crippen molar-refractivity contribution in [3.05, 3.63) is 0 Å². The van der Waals surface area contributed by atoms with Crippen molar-refractivity contribution in [3.8, 4) is 0 Å². The van der Waals surface area contributed by atoms with Gasteiger partial charge in [-0.1, -0.05) is 33.6 Å². The largest absolute Gasteiger partial charge is 0.312 e. The van der Waals surface area contributed by atoms with Gasteiger partial charge in [0.15, 0.2) is 0 Å². The fraction of sp³-hybridized carbons (Fsp3) is 1.00. The van der Waals surface area contributed by atoms with Crippen molar-refractivity contribution in [2.45, 2.75) is 84.3 Å². The number of nitrogens with one attached hydrogen (secondary N) is 1. The standard InChI is InChI=1S/C16H32N2/c1-5-17-15-14(10-8-11-16(15,3)4)18-12-7-6-9-13(18)2/h13-15,17H,5-12H2,1-4H3. The summed E-state index contributed by atoms with van der Waals surface area (Å²) >= 11 is 0. The molecule has 0 radical (unpaired) electrons. The number of likely N-dealkylation sites (tertiary alicyclic amines) is 1. The quantitative estimate of drug-likeness (QED) is 0.828. The van der Waals surface area contributed by atoms with Crippen LogP contribution in [0.2, 0.25) is 0 Å². The Morgan fingerprint density at radius 2 is 1.94 bits per heavy atom. The Hall–Kier alpha value is -0.0800. The van der Waals surface area contributed by atoms with Gasteiger partial charge in [-0.15, -0.1) is 0 Å². The molecule has 0 bridgehead atoms. The number of rotatable bonds is 3. The molecule has 0 aromatic rings. The molecule has 1 aliphatic carbocycles. The summed E-state index contributed by atoms with van der Waals surface area (Å²) in [5.41, 5.74) is 0.454. The lowest BCUT2D eigenvalue weighted by molar-refractivity contribution is 0.0128. The van der Waals surface area contributed by atoms with Gasteiger partial charge in [-0.05, 0) is 51.1 Å². The molecular formula is C16H32N2. The first-order valence-electron chi connectivity index (χ1n) is 8.05. The summed E-state index contributed by atoms with van der Waals surface area (Å²) < 4.78 is 0. The van der Waals surface area contributed by atoms with Gasteiger partial charge in [0.1, 0.15) is 0 Å². The molecule has 1 aliphatic heterocycles. The van der Waals surface area contributed by atoms with Gasteiger partial charge in [-0.25, -0.2) is 0 Å². The Morgan fingerprint density at radius 3 is 2.61 bits per heavy atom. The van der Waals surface area contributed by atoms with E-state index in [0.29, 0.717) is 11.5 Å². The summed E-state index contributed by atoms with van der Waals surface area (Å²) in [6, 6.07) is 2.24. The van der Waals surface area contributed by atoms with E-state index in [-0.39, 0.29) is 0 Å². The molecule has 3 atom stereocenters. The van der Waals surface area contributed by atoms with E-state index in [1.807, 2.05) is 0 Å². The molecule has 2 rings (SSSR count). The van der Waals surface area contributed by atoms with Crippen LogP contribution in [-0.2, 0) is 0 Å². The summed E-state index contributed by atoms with van der Waals surface area (Å²) in [6.45, 7) is 12.0. The average molecular weight is 252 g/mol. The van der Waals surface area contributed by atoms with Gasteiger partial charge < -0.3 is 5.32 Å². The fourth-order valence-electron chi connectivity index (χ4n) is 4.21. The molecular weight excluding hydrogens is 220 g/mol. The fourth-order valence-corrected chi connectivity index (χ4v) is 4.21. The summed E-state index contributed by atoms with van der Waals surface area (Å²) in [4.78, 5) is 2.82. The predicted molar refractivity (Wildman–Crippen MR) is 78.9 cm³/mol. The first-order valence-corrected chi connectivity index (χ1v) is 8.05. The van der Waals surface area contributed by atoms with E-state index in [4.69, 9.17) is 0 Å². The zero-order chi connectivity index (χ0) is 13.2. The third-order valence-electron chi connectivity index (χ3n) is 5.25. The van der Waals surface area contributed by atoms with E-state index in [2.05, 4.69) is 37.9 Å². The normalized spacial score (nSPS) is 37.7. The zero-order valence-electron chi connectivity index (χ0n) is 12.8. The van der Waals surface area contributed by atoms with Crippen LogP contribution >= 0.6 is 0 Å². The van der Waals surface area contributed by atoms with Crippen molar-refractivity contribution >= 4 is 0 Å². The summed E-state index contributed by atoms with van der Waals surface area (Å²) in [5.74, 6) is 0. The van der Waals surface area contributed by atoms with Gasteiger partial charge >= 0.3 is 0 Å². The molecule has 1 saturated carbocycles. The van der Waals surface area contributed by atoms with Crippen LogP contribution in [0.15, 0.2) is 0 Å². The zero-order valence-corrected chi connectivity index (χ0v) is 12.8. The molecule has 0 aromatic carbocycles. The first kappa shape index (κ1) is 14.3. The van der Waals surface area contributed by atoms with Gasteiger partial charge in [-0.2, -0.15) is 0 Å². The van der Waals surface area contributed by atoms with Gasteiger partial charge in [0.25, 0.3) is 0 Å². The smallest absolute Gasteiger partial charge is 0.0274 e. The SMILES string of the molecule is CCNC1C(N2CCCCC2C)CCCC1(C)C. The second kappa shape index (κ2) is 5.92. The molecule has 0 spiro atoms. The Labute approximate surface area is 114 Å². The third kappa shape index (κ3) is 2.91. The second-order valence-corrected chi connectivity index (χ2v) is 7.07. The highest BCUT2D eigenvalue weighted by Gasteiger charge is 2.42. The third-order valence-corrected chi connectivity index (χ3v) is 5.25. The van der Waals surface area contributed by atoms with Gasteiger partial charge in [-0.3, -0.25) is 4.90 Å². The van der Waals surface area contributed by atoms with Crippen molar-refractivity contribution in [3.63, 3.8) is 0 Å². The number of piperidine rings is 1. The monoisotopic (exact) mass is 252 g/mol. The van der Waals surface area contributed by atoms with Gasteiger partial charge in [0.2, 0.25) is 0 Å². The van der Waals surface area contributed by atoms with Crippen molar-refractivity contribution < 1.29 is 0 Å². The highest BCUT2D eigenvalue weighted by molar-refractivity contribution is 4.99. The van der Waals surface area contributed by atoms with Crippen LogP contribution in [-0.4, -0.2) is 36.1 Å². The van der Waals surface area contributed by atoms with E-state index in [9.17, 15) is 0 Å². The molecule has 2 nitrogen and oxygen atoms in total. The van der Waals surface area contributed by atoms with Crippen molar-refractivity contribution in [2.24, 2.45) is 5.41 Å². The lowest BCUT2D eigenvalue weighted by Gasteiger charge is -2.51. The highest BCUT2D eigenvalue weighted by Crippen LogP contribution is 2.39. The number of hydrogen-bond donors (Lipinski definition) is 1. The van der Waals surface area contributed by atoms with E-state index < -0.39 is 0 Å². The molecule has 18 heavy (non-hydrogen) atoms. The molecule has 0 amide bonds. The second-order valence-electron chi connectivity index (χ2n) is 7.07. The molecule has 0 aromatic heterocycles. The summed E-state index contributed by atoms with van der Waals surface area (Å²) in [7, 11) is 0. The van der Waals surface area contributed by atoms with Crippen LogP contribution in [0.5, 0.6) is 0 Å². The van der Waals surface area contributed by atoms with Crippen LogP contribution in [0.4, 0.5) is 0 Å². The van der Waals surface area contributed by atoms with Crippen LogP contribution in [0.1, 0.15) is 66.2 Å². The van der Waals surface area contributed by atoms with Crippen LogP contribution in [0.25, 0.3) is 0 Å². The molecule has 1 saturated heterocycles. The molecule has 2 aliphatic rings. The average Bonchev–Trinajstić information content (AvgIpc) is 2.32. The van der Waals surface area contributed by atoms with E-state index in [1.54, 1.807) is 0 Å². The number of hydrogen-bond acceptors (Lipinski definition) is 2. The van der Waals surface area contributed by atoms with E-state index in [1.165, 1.54) is 45.1 Å². The van der Waals surface area contributed by atoms with Crippen molar-refractivity contribution in [1.82, 2.24) is 10.2 Å². The Balaban J connectivity index is 2.12. The molecule has 1 N–H and O–H groups in total. The van der Waals surface area contributed by atoms with E-state index >= 15 is 0 Å².